The third-order valence-electron chi connectivity index (χ3n) is 4.01. The van der Waals surface area contributed by atoms with Crippen LogP contribution in [0.15, 0.2) is 9.59 Å². The molecule has 142 valence electrons. The Hall–Kier alpha value is -1.89. The van der Waals surface area contributed by atoms with Gasteiger partial charge in [0, 0.05) is 20.1 Å². The van der Waals surface area contributed by atoms with Gasteiger partial charge >= 0.3 is 5.69 Å². The van der Waals surface area contributed by atoms with Crippen molar-refractivity contribution in [1.29, 1.82) is 0 Å². The highest BCUT2D eigenvalue weighted by atomic mass is 16.5. The molecule has 0 bridgehead atoms. The first-order valence-electron chi connectivity index (χ1n) is 8.62. The zero-order chi connectivity index (χ0) is 19.4. The monoisotopic (exact) mass is 354 g/mol. The summed E-state index contributed by atoms with van der Waals surface area (Å²) in [5, 5.41) is 10.4. The van der Waals surface area contributed by atoms with Gasteiger partial charge in [-0.3, -0.25) is 18.7 Å². The minimum Gasteiger partial charge on any atom is -0.494 e. The van der Waals surface area contributed by atoms with E-state index in [1.54, 1.807) is 6.92 Å². The molecule has 0 saturated carbocycles. The second-order valence-electron chi connectivity index (χ2n) is 7.67. The van der Waals surface area contributed by atoms with Gasteiger partial charge in [0.2, 0.25) is 5.88 Å². The molecule has 1 N–H and O–H groups in total. The van der Waals surface area contributed by atoms with Crippen molar-refractivity contribution in [3.63, 3.8) is 0 Å². The summed E-state index contributed by atoms with van der Waals surface area (Å²) in [7, 11) is 1.47. The summed E-state index contributed by atoms with van der Waals surface area (Å²) in [5.74, 6) is -0.946. The molecule has 0 amide bonds. The zero-order valence-electron chi connectivity index (χ0n) is 16.1. The van der Waals surface area contributed by atoms with Crippen molar-refractivity contribution >= 4 is 5.78 Å². The SMILES string of the molecule is CCn1c(=O)c(C(=O)C[C@H](C)CC(C)(C)C)c(O)n(CCOC)c1=O. The fraction of sp³-hybridized carbons (Fsp3) is 0.722. The molecular formula is C18H30N2O5. The van der Waals surface area contributed by atoms with Gasteiger partial charge in [-0.25, -0.2) is 4.79 Å². The van der Waals surface area contributed by atoms with Crippen LogP contribution in [0.4, 0.5) is 0 Å². The van der Waals surface area contributed by atoms with Gasteiger partial charge in [-0.15, -0.1) is 0 Å². The van der Waals surface area contributed by atoms with Crippen LogP contribution in [0.3, 0.4) is 0 Å². The maximum absolute atomic E-state index is 12.7. The molecule has 1 aromatic rings. The van der Waals surface area contributed by atoms with Gasteiger partial charge < -0.3 is 9.84 Å². The lowest BCUT2D eigenvalue weighted by Crippen LogP contribution is -2.42. The van der Waals surface area contributed by atoms with Gasteiger partial charge in [0.25, 0.3) is 5.56 Å². The highest BCUT2D eigenvalue weighted by Gasteiger charge is 2.26. The largest absolute Gasteiger partial charge is 0.494 e. The van der Waals surface area contributed by atoms with Crippen molar-refractivity contribution in [1.82, 2.24) is 9.13 Å². The van der Waals surface area contributed by atoms with Gasteiger partial charge in [-0.2, -0.15) is 0 Å². The number of carbonyl (C=O) groups is 1. The van der Waals surface area contributed by atoms with Crippen molar-refractivity contribution < 1.29 is 14.6 Å². The predicted octanol–water partition coefficient (Wildman–Crippen LogP) is 2.03. The summed E-state index contributed by atoms with van der Waals surface area (Å²) in [4.78, 5) is 37.5. The van der Waals surface area contributed by atoms with Gasteiger partial charge in [0.05, 0.1) is 13.2 Å². The van der Waals surface area contributed by atoms with Crippen LogP contribution < -0.4 is 11.2 Å². The van der Waals surface area contributed by atoms with Crippen molar-refractivity contribution in [3.8, 4) is 5.88 Å². The second kappa shape index (κ2) is 8.47. The Morgan fingerprint density at radius 2 is 1.84 bits per heavy atom. The number of carbonyl (C=O) groups excluding carboxylic acids is 1. The number of rotatable bonds is 8. The fourth-order valence-electron chi connectivity index (χ4n) is 3.13. The van der Waals surface area contributed by atoms with Crippen LogP contribution in [0.25, 0.3) is 0 Å². The normalized spacial score (nSPS) is 13.0. The minimum atomic E-state index is -0.730. The van der Waals surface area contributed by atoms with E-state index in [1.165, 1.54) is 7.11 Å². The molecule has 0 aliphatic rings. The van der Waals surface area contributed by atoms with E-state index in [0.717, 1.165) is 15.6 Å². The molecule has 0 radical (unpaired) electrons. The standard InChI is InChI=1S/C18H30N2O5/c1-7-19-15(22)14(13(21)10-12(2)11-18(3,4)5)16(23)20(17(19)24)8-9-25-6/h12,23H,7-11H2,1-6H3/t12-/m0/s1. The van der Waals surface area contributed by atoms with Crippen LogP contribution in [-0.2, 0) is 17.8 Å². The maximum Gasteiger partial charge on any atom is 0.333 e. The molecule has 1 heterocycles. The lowest BCUT2D eigenvalue weighted by Gasteiger charge is -2.23. The van der Waals surface area contributed by atoms with E-state index < -0.39 is 22.9 Å². The number of hydrogen-bond donors (Lipinski definition) is 1. The Bertz CT molecular complexity index is 725. The third-order valence-corrected chi connectivity index (χ3v) is 4.01. The Morgan fingerprint density at radius 3 is 2.32 bits per heavy atom. The highest BCUT2D eigenvalue weighted by Crippen LogP contribution is 2.27. The molecule has 7 nitrogen and oxygen atoms in total. The number of hydrogen-bond acceptors (Lipinski definition) is 5. The molecule has 25 heavy (non-hydrogen) atoms. The van der Waals surface area contributed by atoms with Crippen LogP contribution in [0.5, 0.6) is 5.88 Å². The van der Waals surface area contributed by atoms with E-state index in [0.29, 0.717) is 0 Å². The first kappa shape index (κ1) is 21.2. The molecule has 1 rings (SSSR count). The second-order valence-corrected chi connectivity index (χ2v) is 7.67. The number of Topliss-reactive ketones (excluding diaryl/α,β-unsaturated/α-hetero) is 1. The lowest BCUT2D eigenvalue weighted by molar-refractivity contribution is 0.0946. The minimum absolute atomic E-state index is 0.0562. The summed E-state index contributed by atoms with van der Waals surface area (Å²) >= 11 is 0. The predicted molar refractivity (Wildman–Crippen MR) is 96.4 cm³/mol. The lowest BCUT2D eigenvalue weighted by atomic mass is 9.83. The summed E-state index contributed by atoms with van der Waals surface area (Å²) in [5.41, 5.74) is -1.62. The van der Waals surface area contributed by atoms with E-state index in [1.807, 2.05) is 6.92 Å². The molecule has 0 aromatic carbocycles. The summed E-state index contributed by atoms with van der Waals surface area (Å²) in [6.07, 6.45) is 0.955. The smallest absolute Gasteiger partial charge is 0.333 e. The third kappa shape index (κ3) is 5.29. The molecule has 0 saturated heterocycles. The Balaban J connectivity index is 3.32. The molecule has 7 heteroatoms. The Labute approximate surface area is 148 Å². The van der Waals surface area contributed by atoms with Gasteiger partial charge in [-0.1, -0.05) is 27.7 Å². The van der Waals surface area contributed by atoms with E-state index in [-0.39, 0.29) is 43.0 Å². The number of aromatic hydroxyl groups is 1. The Morgan fingerprint density at radius 1 is 1.24 bits per heavy atom. The number of aromatic nitrogens is 2. The maximum atomic E-state index is 12.7. The first-order chi connectivity index (χ1) is 11.5. The van der Waals surface area contributed by atoms with Crippen LogP contribution >= 0.6 is 0 Å². The quantitative estimate of drug-likeness (QED) is 0.721. The van der Waals surface area contributed by atoms with E-state index in [4.69, 9.17) is 4.74 Å². The molecule has 1 aromatic heterocycles. The van der Waals surface area contributed by atoms with E-state index in [9.17, 15) is 19.5 Å². The van der Waals surface area contributed by atoms with Crippen LogP contribution in [0.1, 0.15) is 57.8 Å². The van der Waals surface area contributed by atoms with Crippen LogP contribution in [-0.4, -0.2) is 33.7 Å². The molecule has 0 fully saturated rings. The number of methoxy groups -OCH3 is 1. The average Bonchev–Trinajstić information content (AvgIpc) is 2.45. The van der Waals surface area contributed by atoms with E-state index >= 15 is 0 Å². The summed E-state index contributed by atoms with van der Waals surface area (Å²) < 4.78 is 6.93. The summed E-state index contributed by atoms with van der Waals surface area (Å²) in [6, 6.07) is 0. The van der Waals surface area contributed by atoms with Crippen LogP contribution in [0.2, 0.25) is 0 Å². The van der Waals surface area contributed by atoms with Gasteiger partial charge in [-0.05, 0) is 24.7 Å². The number of ether oxygens (including phenoxy) is 1. The van der Waals surface area contributed by atoms with Crippen LogP contribution in [0, 0.1) is 11.3 Å². The molecule has 0 spiro atoms. The molecule has 0 aliphatic heterocycles. The molecule has 0 unspecified atom stereocenters. The molecule has 1 atom stereocenters. The topological polar surface area (TPSA) is 90.5 Å². The first-order valence-corrected chi connectivity index (χ1v) is 8.62. The highest BCUT2D eigenvalue weighted by molar-refractivity contribution is 5.97. The van der Waals surface area contributed by atoms with Gasteiger partial charge in [0.15, 0.2) is 5.78 Å². The van der Waals surface area contributed by atoms with E-state index in [2.05, 4.69) is 20.8 Å². The van der Waals surface area contributed by atoms with Crippen molar-refractivity contribution in [2.45, 2.75) is 60.5 Å². The van der Waals surface area contributed by atoms with Crippen molar-refractivity contribution in [2.75, 3.05) is 13.7 Å². The zero-order valence-corrected chi connectivity index (χ0v) is 16.1. The number of ketones is 1. The average molecular weight is 354 g/mol. The Kier molecular flexibility index (Phi) is 7.17. The van der Waals surface area contributed by atoms with Crippen molar-refractivity contribution in [3.05, 3.63) is 26.4 Å². The van der Waals surface area contributed by atoms with Crippen molar-refractivity contribution in [2.24, 2.45) is 11.3 Å². The molecule has 0 aliphatic carbocycles. The summed E-state index contributed by atoms with van der Waals surface area (Å²) in [6.45, 7) is 10.2. The van der Waals surface area contributed by atoms with Gasteiger partial charge in [0.1, 0.15) is 5.56 Å². The number of nitrogens with zero attached hydrogens (tertiary/aromatic N) is 2. The molecular weight excluding hydrogens is 324 g/mol. The fourth-order valence-corrected chi connectivity index (χ4v) is 3.13.